The Bertz CT molecular complexity index is 1140. The summed E-state index contributed by atoms with van der Waals surface area (Å²) >= 11 is 0. The molecule has 0 aromatic carbocycles. The SMILES string of the molecule is CC/C=C\C/C=C\C/C=C\CCCCCCCC(=O)O[C@@H](COC(=O)CCCCCC/C=C\C/C=C\C/C=C\CCCCC)COC(=O)CCCCCCCCCCCC. The zero-order valence-electron chi connectivity index (χ0n) is 39.2. The number of esters is 3. The standard InChI is InChI=1S/C54H92O6/c1-4-7-10-13-16-19-22-24-26-27-29-30-32-35-38-41-44-47-53(56)59-50-51(49-58-52(55)46-43-40-37-34-21-18-15-12-9-6-3)60-54(57)48-45-42-39-36-33-31-28-25-23-20-17-14-11-8-5-2/h8,11,16-17,19-20,24-26,28-30,51H,4-7,9-10,12-15,18,21-23,27,31-50H2,1-3H3/b11-8-,19-16-,20-17-,26-24-,28-25-,30-29-/t51-/m1/s1. The molecule has 0 aromatic rings. The second-order valence-electron chi connectivity index (χ2n) is 16.3. The van der Waals surface area contributed by atoms with Crippen LogP contribution in [0.3, 0.4) is 0 Å². The summed E-state index contributed by atoms with van der Waals surface area (Å²) in [5.74, 6) is -0.931. The van der Waals surface area contributed by atoms with Crippen molar-refractivity contribution in [3.05, 3.63) is 72.9 Å². The Balaban J connectivity index is 4.43. The lowest BCUT2D eigenvalue weighted by Crippen LogP contribution is -2.30. The van der Waals surface area contributed by atoms with Crippen LogP contribution in [0.1, 0.15) is 233 Å². The molecule has 6 heteroatoms. The minimum absolute atomic E-state index is 0.0890. The van der Waals surface area contributed by atoms with Crippen molar-refractivity contribution in [1.82, 2.24) is 0 Å². The van der Waals surface area contributed by atoms with Crippen LogP contribution in [-0.4, -0.2) is 37.2 Å². The molecule has 0 spiro atoms. The van der Waals surface area contributed by atoms with Gasteiger partial charge in [-0.05, 0) is 89.9 Å². The molecule has 0 heterocycles. The second-order valence-corrected chi connectivity index (χ2v) is 16.3. The molecule has 1 atom stereocenters. The number of unbranched alkanes of at least 4 members (excludes halogenated alkanes) is 21. The summed E-state index contributed by atoms with van der Waals surface area (Å²) in [5.41, 5.74) is 0. The molecule has 0 N–H and O–H groups in total. The Morgan fingerprint density at radius 1 is 0.350 bits per heavy atom. The third-order valence-electron chi connectivity index (χ3n) is 10.4. The van der Waals surface area contributed by atoms with E-state index < -0.39 is 6.10 Å². The summed E-state index contributed by atoms with van der Waals surface area (Å²) < 4.78 is 16.7. The number of carbonyl (C=O) groups excluding carboxylic acids is 3. The predicted molar refractivity (Wildman–Crippen MR) is 256 cm³/mol. The van der Waals surface area contributed by atoms with Gasteiger partial charge < -0.3 is 14.2 Å². The summed E-state index contributed by atoms with van der Waals surface area (Å²) in [6.45, 7) is 6.45. The van der Waals surface area contributed by atoms with Gasteiger partial charge in [0.1, 0.15) is 13.2 Å². The molecule has 60 heavy (non-hydrogen) atoms. The van der Waals surface area contributed by atoms with E-state index in [0.29, 0.717) is 19.3 Å². The van der Waals surface area contributed by atoms with Crippen molar-refractivity contribution >= 4 is 17.9 Å². The molecule has 0 aromatic heterocycles. The molecule has 0 fully saturated rings. The highest BCUT2D eigenvalue weighted by Crippen LogP contribution is 2.14. The Morgan fingerprint density at radius 2 is 0.650 bits per heavy atom. The number of carbonyl (C=O) groups is 3. The largest absolute Gasteiger partial charge is 0.462 e. The lowest BCUT2D eigenvalue weighted by Gasteiger charge is -2.18. The Labute approximate surface area is 370 Å². The van der Waals surface area contributed by atoms with Gasteiger partial charge in [-0.25, -0.2) is 0 Å². The van der Waals surface area contributed by atoms with Gasteiger partial charge in [0, 0.05) is 19.3 Å². The van der Waals surface area contributed by atoms with Gasteiger partial charge in [-0.3, -0.25) is 14.4 Å². The van der Waals surface area contributed by atoms with Crippen LogP contribution in [0.15, 0.2) is 72.9 Å². The fourth-order valence-electron chi connectivity index (χ4n) is 6.70. The van der Waals surface area contributed by atoms with E-state index in [4.69, 9.17) is 14.2 Å². The highest BCUT2D eigenvalue weighted by molar-refractivity contribution is 5.71. The summed E-state index contributed by atoms with van der Waals surface area (Å²) in [4.78, 5) is 37.9. The van der Waals surface area contributed by atoms with Gasteiger partial charge in [-0.15, -0.1) is 0 Å². The van der Waals surface area contributed by atoms with Gasteiger partial charge in [0.25, 0.3) is 0 Å². The first kappa shape index (κ1) is 56.9. The maximum Gasteiger partial charge on any atom is 0.306 e. The normalized spacial score (nSPS) is 12.7. The van der Waals surface area contributed by atoms with Crippen molar-refractivity contribution in [3.63, 3.8) is 0 Å². The Hall–Kier alpha value is -3.15. The van der Waals surface area contributed by atoms with Gasteiger partial charge in [0.2, 0.25) is 0 Å². The first-order chi connectivity index (χ1) is 29.5. The van der Waals surface area contributed by atoms with Crippen molar-refractivity contribution in [1.29, 1.82) is 0 Å². The molecule has 0 saturated carbocycles. The van der Waals surface area contributed by atoms with E-state index in [1.54, 1.807) is 0 Å². The third kappa shape index (κ3) is 45.9. The molecule has 0 bridgehead atoms. The van der Waals surface area contributed by atoms with E-state index in [2.05, 4.69) is 93.7 Å². The molecule has 0 aliphatic heterocycles. The van der Waals surface area contributed by atoms with Crippen LogP contribution in [0, 0.1) is 0 Å². The third-order valence-corrected chi connectivity index (χ3v) is 10.4. The lowest BCUT2D eigenvalue weighted by atomic mass is 10.1. The smallest absolute Gasteiger partial charge is 0.306 e. The van der Waals surface area contributed by atoms with Crippen LogP contribution >= 0.6 is 0 Å². The molecule has 0 amide bonds. The van der Waals surface area contributed by atoms with Crippen LogP contribution in [-0.2, 0) is 28.6 Å². The maximum atomic E-state index is 12.8. The molecule has 0 rings (SSSR count). The Morgan fingerprint density at radius 3 is 1.05 bits per heavy atom. The number of rotatable bonds is 44. The van der Waals surface area contributed by atoms with Crippen LogP contribution in [0.5, 0.6) is 0 Å². The van der Waals surface area contributed by atoms with E-state index in [1.807, 2.05) is 0 Å². The first-order valence-corrected chi connectivity index (χ1v) is 24.9. The summed E-state index contributed by atoms with van der Waals surface area (Å²) in [6, 6.07) is 0. The topological polar surface area (TPSA) is 78.9 Å². The van der Waals surface area contributed by atoms with Gasteiger partial charge in [-0.1, -0.05) is 196 Å². The van der Waals surface area contributed by atoms with Crippen molar-refractivity contribution in [2.24, 2.45) is 0 Å². The van der Waals surface area contributed by atoms with E-state index in [9.17, 15) is 14.4 Å². The molecule has 344 valence electrons. The van der Waals surface area contributed by atoms with Crippen LogP contribution in [0.4, 0.5) is 0 Å². The van der Waals surface area contributed by atoms with E-state index >= 15 is 0 Å². The molecular weight excluding hydrogens is 745 g/mol. The van der Waals surface area contributed by atoms with Crippen molar-refractivity contribution in [3.8, 4) is 0 Å². The summed E-state index contributed by atoms with van der Waals surface area (Å²) in [7, 11) is 0. The molecular formula is C54H92O6. The fourth-order valence-corrected chi connectivity index (χ4v) is 6.70. The van der Waals surface area contributed by atoms with Gasteiger partial charge >= 0.3 is 17.9 Å². The average Bonchev–Trinajstić information content (AvgIpc) is 3.24. The highest BCUT2D eigenvalue weighted by atomic mass is 16.6. The molecule has 0 aliphatic carbocycles. The van der Waals surface area contributed by atoms with E-state index in [1.165, 1.54) is 70.6 Å². The first-order valence-electron chi connectivity index (χ1n) is 24.9. The van der Waals surface area contributed by atoms with E-state index in [-0.39, 0.29) is 31.1 Å². The zero-order valence-corrected chi connectivity index (χ0v) is 39.2. The van der Waals surface area contributed by atoms with Crippen molar-refractivity contribution in [2.75, 3.05) is 13.2 Å². The quantitative estimate of drug-likeness (QED) is 0.0263. The fraction of sp³-hybridized carbons (Fsp3) is 0.722. The van der Waals surface area contributed by atoms with Crippen LogP contribution in [0.25, 0.3) is 0 Å². The van der Waals surface area contributed by atoms with Gasteiger partial charge in [0.05, 0.1) is 0 Å². The lowest BCUT2D eigenvalue weighted by molar-refractivity contribution is -0.167. The van der Waals surface area contributed by atoms with Crippen molar-refractivity contribution < 1.29 is 28.6 Å². The number of hydrogen-bond acceptors (Lipinski definition) is 6. The monoisotopic (exact) mass is 837 g/mol. The molecule has 0 aliphatic rings. The molecule has 6 nitrogen and oxygen atoms in total. The van der Waals surface area contributed by atoms with Gasteiger partial charge in [-0.2, -0.15) is 0 Å². The average molecular weight is 837 g/mol. The van der Waals surface area contributed by atoms with Gasteiger partial charge in [0.15, 0.2) is 6.10 Å². The molecule has 0 unspecified atom stereocenters. The number of hydrogen-bond donors (Lipinski definition) is 0. The van der Waals surface area contributed by atoms with Crippen LogP contribution in [0.2, 0.25) is 0 Å². The van der Waals surface area contributed by atoms with E-state index in [0.717, 1.165) is 122 Å². The number of ether oxygens (including phenoxy) is 3. The molecule has 0 radical (unpaired) electrons. The number of allylic oxidation sites excluding steroid dienone is 12. The minimum Gasteiger partial charge on any atom is -0.462 e. The predicted octanol–water partition coefficient (Wildman–Crippen LogP) is 16.3. The highest BCUT2D eigenvalue weighted by Gasteiger charge is 2.19. The summed E-state index contributed by atoms with van der Waals surface area (Å²) in [6.07, 6.45) is 60.2. The second kappa shape index (κ2) is 48.5. The van der Waals surface area contributed by atoms with Crippen LogP contribution < -0.4 is 0 Å². The van der Waals surface area contributed by atoms with Crippen molar-refractivity contribution in [2.45, 2.75) is 239 Å². The zero-order chi connectivity index (χ0) is 43.7. The molecule has 0 saturated heterocycles. The summed E-state index contributed by atoms with van der Waals surface area (Å²) in [5, 5.41) is 0. The minimum atomic E-state index is -0.791. The Kier molecular flexibility index (Phi) is 46.0. The maximum absolute atomic E-state index is 12.8.